The zero-order valence-corrected chi connectivity index (χ0v) is 19.9. The molecule has 6 rings (SSSR count). The minimum Gasteiger partial charge on any atom is -0.233 e. The molecule has 0 radical (unpaired) electrons. The summed E-state index contributed by atoms with van der Waals surface area (Å²) in [4.78, 5) is 12.6. The van der Waals surface area contributed by atoms with Crippen molar-refractivity contribution in [3.8, 4) is 53.4 Å². The molecule has 0 N–H and O–H groups in total. The lowest BCUT2D eigenvalue weighted by Gasteiger charge is -2.02. The van der Waals surface area contributed by atoms with Crippen molar-refractivity contribution in [1.29, 1.82) is 0 Å². The number of benzene rings is 4. The van der Waals surface area contributed by atoms with Crippen LogP contribution in [0.4, 0.5) is 0 Å². The van der Waals surface area contributed by atoms with Gasteiger partial charge in [0.2, 0.25) is 0 Å². The van der Waals surface area contributed by atoms with Gasteiger partial charge in [-0.1, -0.05) is 121 Å². The molecule has 0 saturated carbocycles. The highest BCUT2D eigenvalue weighted by atomic mass is 32.1. The smallest absolute Gasteiger partial charge is 0.153 e. The van der Waals surface area contributed by atoms with Crippen molar-refractivity contribution in [2.24, 2.45) is 0 Å². The summed E-state index contributed by atoms with van der Waals surface area (Å²) in [6.45, 7) is 0. The monoisotopic (exact) mass is 472 g/mol. The van der Waals surface area contributed by atoms with Gasteiger partial charge in [0.05, 0.1) is 21.1 Å². The molecule has 0 atom stereocenters. The molecule has 162 valence electrons. The molecule has 0 aliphatic carbocycles. The molecule has 34 heavy (non-hydrogen) atoms. The van der Waals surface area contributed by atoms with Gasteiger partial charge in [-0.3, -0.25) is 0 Å². The minimum absolute atomic E-state index is 0.946. The Morgan fingerprint density at radius 2 is 0.647 bits per heavy atom. The van der Waals surface area contributed by atoms with Crippen molar-refractivity contribution in [3.05, 3.63) is 121 Å². The van der Waals surface area contributed by atoms with Crippen LogP contribution in [0.25, 0.3) is 53.4 Å². The van der Waals surface area contributed by atoms with Crippen LogP contribution in [0.15, 0.2) is 121 Å². The van der Waals surface area contributed by atoms with E-state index in [0.29, 0.717) is 0 Å². The predicted octanol–water partition coefficient (Wildman–Crippen LogP) is 8.93. The quantitative estimate of drug-likeness (QED) is 0.250. The maximum absolute atomic E-state index is 5.14. The van der Waals surface area contributed by atoms with Crippen LogP contribution in [0.1, 0.15) is 0 Å². The van der Waals surface area contributed by atoms with E-state index < -0.39 is 0 Å². The molecule has 0 aliphatic heterocycles. The van der Waals surface area contributed by atoms with Gasteiger partial charge in [0.25, 0.3) is 0 Å². The van der Waals surface area contributed by atoms with Crippen LogP contribution in [0.2, 0.25) is 0 Å². The van der Waals surface area contributed by atoms with Crippen molar-refractivity contribution in [2.45, 2.75) is 0 Å². The Morgan fingerprint density at radius 3 is 0.971 bits per heavy atom. The fraction of sp³-hybridized carbons (Fsp3) is 0. The Morgan fingerprint density at radius 1 is 0.353 bits per heavy atom. The molecule has 2 aromatic heterocycles. The first-order chi connectivity index (χ1) is 16.9. The number of rotatable bonds is 5. The standard InChI is InChI=1S/C30H20N2S2/c1-5-13-21(14-6-1)25-27(23-17-9-3-10-18-23)33-29(31-25)30-32-26(22-15-7-2-8-16-22)28(34-30)24-19-11-4-12-20-24/h1-20H. The molecule has 0 aliphatic rings. The van der Waals surface area contributed by atoms with Gasteiger partial charge in [-0.05, 0) is 11.1 Å². The van der Waals surface area contributed by atoms with Gasteiger partial charge in [-0.15, -0.1) is 22.7 Å². The molecule has 0 fully saturated rings. The Hall–Kier alpha value is -3.86. The normalized spacial score (nSPS) is 10.9. The molecule has 4 aromatic carbocycles. The summed E-state index contributed by atoms with van der Waals surface area (Å²) < 4.78 is 0. The zero-order chi connectivity index (χ0) is 22.7. The lowest BCUT2D eigenvalue weighted by molar-refractivity contribution is 1.35. The molecule has 0 unspecified atom stereocenters. The van der Waals surface area contributed by atoms with Crippen molar-refractivity contribution in [2.75, 3.05) is 0 Å². The van der Waals surface area contributed by atoms with E-state index in [0.717, 1.165) is 32.5 Å². The summed E-state index contributed by atoms with van der Waals surface area (Å²) in [5.41, 5.74) is 6.59. The van der Waals surface area contributed by atoms with E-state index >= 15 is 0 Å². The minimum atomic E-state index is 0.946. The second-order valence-electron chi connectivity index (χ2n) is 7.86. The summed E-state index contributed by atoms with van der Waals surface area (Å²) in [6, 6.07) is 41.8. The molecular weight excluding hydrogens is 452 g/mol. The van der Waals surface area contributed by atoms with Gasteiger partial charge < -0.3 is 0 Å². The number of thiazole rings is 2. The largest absolute Gasteiger partial charge is 0.233 e. The van der Waals surface area contributed by atoms with Crippen LogP contribution in [0.5, 0.6) is 0 Å². The summed E-state index contributed by atoms with van der Waals surface area (Å²) in [5, 5.41) is 1.89. The average Bonchev–Trinajstić information content (AvgIpc) is 3.56. The molecule has 4 heteroatoms. The SMILES string of the molecule is c1ccc(-c2nc(-c3nc(-c4ccccc4)c(-c4ccccc4)s3)sc2-c2ccccc2)cc1. The highest BCUT2D eigenvalue weighted by molar-refractivity contribution is 7.25. The van der Waals surface area contributed by atoms with E-state index in [-0.39, 0.29) is 0 Å². The second-order valence-corrected chi connectivity index (χ2v) is 9.86. The van der Waals surface area contributed by atoms with E-state index in [4.69, 9.17) is 9.97 Å². The van der Waals surface area contributed by atoms with Gasteiger partial charge >= 0.3 is 0 Å². The molecule has 0 bridgehead atoms. The third kappa shape index (κ3) is 3.98. The van der Waals surface area contributed by atoms with Crippen molar-refractivity contribution in [3.63, 3.8) is 0 Å². The fourth-order valence-electron chi connectivity index (χ4n) is 3.98. The Kier molecular flexibility index (Phi) is 5.60. The maximum atomic E-state index is 5.14. The first-order valence-corrected chi connectivity index (χ1v) is 12.7. The summed E-state index contributed by atoms with van der Waals surface area (Å²) in [6.07, 6.45) is 0. The van der Waals surface area contributed by atoms with Crippen molar-refractivity contribution >= 4 is 22.7 Å². The summed E-state index contributed by atoms with van der Waals surface area (Å²) in [7, 11) is 0. The van der Waals surface area contributed by atoms with Crippen LogP contribution >= 0.6 is 22.7 Å². The molecule has 2 nitrogen and oxygen atoms in total. The zero-order valence-electron chi connectivity index (χ0n) is 18.3. The number of hydrogen-bond donors (Lipinski definition) is 0. The number of aromatic nitrogens is 2. The van der Waals surface area contributed by atoms with Crippen LogP contribution in [-0.4, -0.2) is 9.97 Å². The molecule has 0 saturated heterocycles. The average molecular weight is 473 g/mol. The van der Waals surface area contributed by atoms with Gasteiger partial charge in [0.1, 0.15) is 0 Å². The fourth-order valence-corrected chi connectivity index (χ4v) is 6.18. The molecule has 2 heterocycles. The van der Waals surface area contributed by atoms with Crippen molar-refractivity contribution in [1.82, 2.24) is 9.97 Å². The first kappa shape index (κ1) is 20.7. The van der Waals surface area contributed by atoms with E-state index in [1.54, 1.807) is 22.7 Å². The highest BCUT2D eigenvalue weighted by Crippen LogP contribution is 2.45. The lowest BCUT2D eigenvalue weighted by Crippen LogP contribution is -1.83. The van der Waals surface area contributed by atoms with Crippen LogP contribution in [-0.2, 0) is 0 Å². The van der Waals surface area contributed by atoms with E-state index in [1.165, 1.54) is 20.9 Å². The van der Waals surface area contributed by atoms with Crippen LogP contribution in [0, 0.1) is 0 Å². The number of nitrogens with zero attached hydrogens (tertiary/aromatic N) is 2. The Labute approximate surface area is 206 Å². The van der Waals surface area contributed by atoms with E-state index in [9.17, 15) is 0 Å². The Bertz CT molecular complexity index is 1290. The van der Waals surface area contributed by atoms with Crippen molar-refractivity contribution < 1.29 is 0 Å². The topological polar surface area (TPSA) is 25.8 Å². The second kappa shape index (κ2) is 9.18. The van der Waals surface area contributed by atoms with Gasteiger partial charge in [0, 0.05) is 11.1 Å². The Balaban J connectivity index is 1.54. The molecule has 0 amide bonds. The summed E-state index contributed by atoms with van der Waals surface area (Å²) >= 11 is 3.42. The maximum Gasteiger partial charge on any atom is 0.153 e. The first-order valence-electron chi connectivity index (χ1n) is 11.1. The third-order valence-corrected chi connectivity index (χ3v) is 7.96. The van der Waals surface area contributed by atoms with Crippen LogP contribution < -0.4 is 0 Å². The molecular formula is C30H20N2S2. The van der Waals surface area contributed by atoms with Gasteiger partial charge in [-0.2, -0.15) is 0 Å². The van der Waals surface area contributed by atoms with E-state index in [2.05, 4.69) is 97.1 Å². The van der Waals surface area contributed by atoms with Crippen LogP contribution in [0.3, 0.4) is 0 Å². The van der Waals surface area contributed by atoms with Gasteiger partial charge in [0.15, 0.2) is 10.0 Å². The summed E-state index contributed by atoms with van der Waals surface area (Å²) in [5.74, 6) is 0. The lowest BCUT2D eigenvalue weighted by atomic mass is 10.1. The molecule has 6 aromatic rings. The third-order valence-electron chi connectivity index (χ3n) is 5.60. The molecule has 0 spiro atoms. The number of hydrogen-bond acceptors (Lipinski definition) is 4. The van der Waals surface area contributed by atoms with Gasteiger partial charge in [-0.25, -0.2) is 9.97 Å². The van der Waals surface area contributed by atoms with E-state index in [1.807, 2.05) is 24.3 Å². The predicted molar refractivity (Wildman–Crippen MR) is 145 cm³/mol. The highest BCUT2D eigenvalue weighted by Gasteiger charge is 2.21.